The van der Waals surface area contributed by atoms with E-state index in [1.54, 1.807) is 12.4 Å². The van der Waals surface area contributed by atoms with E-state index in [1.807, 2.05) is 6.07 Å². The average molecular weight is 204 g/mol. The minimum atomic E-state index is 0.691. The highest BCUT2D eigenvalue weighted by molar-refractivity contribution is 6.33. The van der Waals surface area contributed by atoms with Gasteiger partial charge in [0.25, 0.3) is 0 Å². The van der Waals surface area contributed by atoms with E-state index in [9.17, 15) is 0 Å². The van der Waals surface area contributed by atoms with Gasteiger partial charge in [0.1, 0.15) is 0 Å². The number of rotatable bonds is 1. The van der Waals surface area contributed by atoms with Crippen LogP contribution in [-0.4, -0.2) is 4.98 Å². The molecule has 0 aliphatic heterocycles. The van der Waals surface area contributed by atoms with E-state index in [0.29, 0.717) is 5.02 Å². The van der Waals surface area contributed by atoms with Crippen molar-refractivity contribution in [2.75, 3.05) is 0 Å². The number of hydrogen-bond donors (Lipinski definition) is 0. The van der Waals surface area contributed by atoms with Crippen molar-refractivity contribution < 1.29 is 0 Å². The van der Waals surface area contributed by atoms with Crippen LogP contribution in [-0.2, 0) is 0 Å². The van der Waals surface area contributed by atoms with Gasteiger partial charge in [0.05, 0.1) is 5.02 Å². The minimum absolute atomic E-state index is 0.691. The van der Waals surface area contributed by atoms with Gasteiger partial charge in [-0.25, -0.2) is 0 Å². The highest BCUT2D eigenvalue weighted by atomic mass is 35.5. The fourth-order valence-electron chi connectivity index (χ4n) is 1.34. The second-order valence-corrected chi connectivity index (χ2v) is 3.63. The van der Waals surface area contributed by atoms with Crippen molar-refractivity contribution in [1.29, 1.82) is 0 Å². The molecular formula is C12H10ClN. The molecule has 0 aliphatic rings. The highest BCUT2D eigenvalue weighted by Crippen LogP contribution is 2.26. The Balaban J connectivity index is 2.50. The van der Waals surface area contributed by atoms with Crippen LogP contribution in [0.2, 0.25) is 5.02 Å². The molecule has 2 heteroatoms. The van der Waals surface area contributed by atoms with Crippen LogP contribution < -0.4 is 0 Å². The monoisotopic (exact) mass is 203 g/mol. The Bertz CT molecular complexity index is 434. The average Bonchev–Trinajstić information content (AvgIpc) is 2.20. The summed E-state index contributed by atoms with van der Waals surface area (Å²) in [7, 11) is 0. The maximum atomic E-state index is 6.04. The van der Waals surface area contributed by atoms with E-state index >= 15 is 0 Å². The van der Waals surface area contributed by atoms with Gasteiger partial charge in [-0.3, -0.25) is 4.98 Å². The standard InChI is InChI=1S/C12H10ClN/c1-9-2-4-10(5-3-9)11-6-7-14-8-12(11)13/h2-8H,1H3. The SMILES string of the molecule is Cc1ccc(-c2ccncc2Cl)cc1. The summed E-state index contributed by atoms with van der Waals surface area (Å²) in [5, 5.41) is 0.691. The van der Waals surface area contributed by atoms with Crippen LogP contribution in [0.15, 0.2) is 42.7 Å². The van der Waals surface area contributed by atoms with Crippen LogP contribution in [0.1, 0.15) is 5.56 Å². The van der Waals surface area contributed by atoms with Crippen LogP contribution in [0.4, 0.5) is 0 Å². The zero-order chi connectivity index (χ0) is 9.97. The number of nitrogens with zero attached hydrogens (tertiary/aromatic N) is 1. The van der Waals surface area contributed by atoms with Crippen molar-refractivity contribution in [3.05, 3.63) is 53.3 Å². The molecule has 0 saturated heterocycles. The van der Waals surface area contributed by atoms with Crippen LogP contribution in [0.5, 0.6) is 0 Å². The lowest BCUT2D eigenvalue weighted by molar-refractivity contribution is 1.33. The Morgan fingerprint density at radius 2 is 1.79 bits per heavy atom. The van der Waals surface area contributed by atoms with E-state index in [0.717, 1.165) is 11.1 Å². The summed E-state index contributed by atoms with van der Waals surface area (Å²) in [5.41, 5.74) is 3.41. The zero-order valence-electron chi connectivity index (χ0n) is 7.87. The molecule has 0 saturated carbocycles. The third-order valence-corrected chi connectivity index (χ3v) is 2.44. The van der Waals surface area contributed by atoms with Crippen LogP contribution >= 0.6 is 11.6 Å². The molecule has 1 aromatic carbocycles. The molecule has 2 rings (SSSR count). The van der Waals surface area contributed by atoms with Crippen LogP contribution in [0.25, 0.3) is 11.1 Å². The van der Waals surface area contributed by atoms with Crippen LogP contribution in [0, 0.1) is 6.92 Å². The smallest absolute Gasteiger partial charge is 0.0667 e. The van der Waals surface area contributed by atoms with Gasteiger partial charge in [0.2, 0.25) is 0 Å². The van der Waals surface area contributed by atoms with E-state index in [4.69, 9.17) is 11.6 Å². The minimum Gasteiger partial charge on any atom is -0.263 e. The van der Waals surface area contributed by atoms with E-state index in [2.05, 4.69) is 36.2 Å². The lowest BCUT2D eigenvalue weighted by Crippen LogP contribution is -1.81. The van der Waals surface area contributed by atoms with Gasteiger partial charge in [-0.2, -0.15) is 0 Å². The molecule has 0 radical (unpaired) electrons. The summed E-state index contributed by atoms with van der Waals surface area (Å²) < 4.78 is 0. The zero-order valence-corrected chi connectivity index (χ0v) is 8.62. The first-order valence-electron chi connectivity index (χ1n) is 4.44. The fraction of sp³-hybridized carbons (Fsp3) is 0.0833. The molecule has 0 unspecified atom stereocenters. The van der Waals surface area contributed by atoms with Gasteiger partial charge in [-0.1, -0.05) is 41.4 Å². The quantitative estimate of drug-likeness (QED) is 0.689. The topological polar surface area (TPSA) is 12.9 Å². The molecule has 0 spiro atoms. The van der Waals surface area contributed by atoms with Gasteiger partial charge >= 0.3 is 0 Å². The van der Waals surface area contributed by atoms with E-state index in [-0.39, 0.29) is 0 Å². The maximum absolute atomic E-state index is 6.04. The molecule has 1 nitrogen and oxygen atoms in total. The number of aryl methyl sites for hydroxylation is 1. The molecule has 14 heavy (non-hydrogen) atoms. The largest absolute Gasteiger partial charge is 0.263 e. The Labute approximate surface area is 88.4 Å². The molecule has 0 amide bonds. The van der Waals surface area contributed by atoms with Crippen molar-refractivity contribution in [2.45, 2.75) is 6.92 Å². The number of pyridine rings is 1. The summed E-state index contributed by atoms with van der Waals surface area (Å²) in [6, 6.07) is 10.2. The predicted molar refractivity (Wildman–Crippen MR) is 59.4 cm³/mol. The van der Waals surface area contributed by atoms with Gasteiger partial charge in [0.15, 0.2) is 0 Å². The molecule has 0 aliphatic carbocycles. The number of hydrogen-bond acceptors (Lipinski definition) is 1. The molecule has 0 fully saturated rings. The normalized spacial score (nSPS) is 10.1. The first kappa shape index (κ1) is 9.22. The molecule has 0 N–H and O–H groups in total. The molecular weight excluding hydrogens is 194 g/mol. The fourth-order valence-corrected chi connectivity index (χ4v) is 1.57. The van der Waals surface area contributed by atoms with E-state index in [1.165, 1.54) is 5.56 Å². The Morgan fingerprint density at radius 3 is 2.43 bits per heavy atom. The van der Waals surface area contributed by atoms with Crippen LogP contribution in [0.3, 0.4) is 0 Å². The van der Waals surface area contributed by atoms with Crippen molar-refractivity contribution in [3.63, 3.8) is 0 Å². The number of benzene rings is 1. The van der Waals surface area contributed by atoms with Gasteiger partial charge in [-0.15, -0.1) is 0 Å². The first-order chi connectivity index (χ1) is 6.77. The third-order valence-electron chi connectivity index (χ3n) is 2.14. The second-order valence-electron chi connectivity index (χ2n) is 3.22. The highest BCUT2D eigenvalue weighted by Gasteiger charge is 2.01. The summed E-state index contributed by atoms with van der Waals surface area (Å²) in [5.74, 6) is 0. The lowest BCUT2D eigenvalue weighted by Gasteiger charge is -2.03. The first-order valence-corrected chi connectivity index (χ1v) is 4.82. The van der Waals surface area contributed by atoms with Crippen molar-refractivity contribution in [1.82, 2.24) is 4.98 Å². The Kier molecular flexibility index (Phi) is 2.51. The lowest BCUT2D eigenvalue weighted by atomic mass is 10.1. The third kappa shape index (κ3) is 1.78. The molecule has 0 atom stereocenters. The maximum Gasteiger partial charge on any atom is 0.0667 e. The molecule has 1 aromatic heterocycles. The van der Waals surface area contributed by atoms with Gasteiger partial charge in [-0.05, 0) is 18.6 Å². The second kappa shape index (κ2) is 3.81. The van der Waals surface area contributed by atoms with Crippen molar-refractivity contribution in [2.24, 2.45) is 0 Å². The molecule has 0 bridgehead atoms. The summed E-state index contributed by atoms with van der Waals surface area (Å²) in [4.78, 5) is 3.96. The summed E-state index contributed by atoms with van der Waals surface area (Å²) >= 11 is 6.04. The molecule has 2 aromatic rings. The van der Waals surface area contributed by atoms with E-state index < -0.39 is 0 Å². The summed E-state index contributed by atoms with van der Waals surface area (Å²) in [6.07, 6.45) is 3.41. The Morgan fingerprint density at radius 1 is 1.07 bits per heavy atom. The number of halogens is 1. The predicted octanol–water partition coefficient (Wildman–Crippen LogP) is 3.71. The van der Waals surface area contributed by atoms with Crippen molar-refractivity contribution >= 4 is 11.6 Å². The van der Waals surface area contributed by atoms with Gasteiger partial charge < -0.3 is 0 Å². The van der Waals surface area contributed by atoms with Gasteiger partial charge in [0, 0.05) is 18.0 Å². The molecule has 70 valence electrons. The summed E-state index contributed by atoms with van der Waals surface area (Å²) in [6.45, 7) is 2.07. The number of aromatic nitrogens is 1. The van der Waals surface area contributed by atoms with Crippen molar-refractivity contribution in [3.8, 4) is 11.1 Å². The molecule has 1 heterocycles. The Hall–Kier alpha value is -1.34.